The third-order valence-corrected chi connectivity index (χ3v) is 2.89. The first-order valence-corrected chi connectivity index (χ1v) is 6.61. The van der Waals surface area contributed by atoms with Crippen molar-refractivity contribution in [3.63, 3.8) is 0 Å². The van der Waals surface area contributed by atoms with Crippen LogP contribution in [0.5, 0.6) is 28.7 Å². The molecule has 0 amide bonds. The first kappa shape index (κ1) is 13.1. The Morgan fingerprint density at radius 2 is 1.14 bits per heavy atom. The number of hydrogen-bond acceptors (Lipinski definition) is 3. The van der Waals surface area contributed by atoms with Crippen LogP contribution in [0.25, 0.3) is 0 Å². The summed E-state index contributed by atoms with van der Waals surface area (Å²) in [5, 5.41) is 10.0. The first-order valence-electron chi connectivity index (χ1n) is 6.61. The van der Waals surface area contributed by atoms with E-state index >= 15 is 0 Å². The Kier molecular flexibility index (Phi) is 3.74. The number of para-hydroxylation sites is 3. The molecule has 0 spiro atoms. The number of phenolic OH excluding ortho intramolecular Hbond substituents is 1. The molecule has 3 heteroatoms. The van der Waals surface area contributed by atoms with Crippen LogP contribution in [-0.4, -0.2) is 5.11 Å². The van der Waals surface area contributed by atoms with Gasteiger partial charge in [0.1, 0.15) is 11.5 Å². The summed E-state index contributed by atoms with van der Waals surface area (Å²) in [6.07, 6.45) is 0. The van der Waals surface area contributed by atoms with Gasteiger partial charge in [0.25, 0.3) is 0 Å². The van der Waals surface area contributed by atoms with E-state index in [0.29, 0.717) is 23.0 Å². The molecule has 104 valence electrons. The lowest BCUT2D eigenvalue weighted by molar-refractivity contribution is 0.381. The highest BCUT2D eigenvalue weighted by atomic mass is 16.5. The summed E-state index contributed by atoms with van der Waals surface area (Å²) < 4.78 is 11.5. The van der Waals surface area contributed by atoms with Crippen molar-refractivity contribution in [3.8, 4) is 28.7 Å². The Balaban J connectivity index is 1.92. The summed E-state index contributed by atoms with van der Waals surface area (Å²) in [6.45, 7) is 0. The molecule has 0 aliphatic rings. The molecule has 0 heterocycles. The molecule has 0 aromatic heterocycles. The Labute approximate surface area is 123 Å². The van der Waals surface area contributed by atoms with Crippen molar-refractivity contribution in [2.75, 3.05) is 0 Å². The number of ether oxygens (including phenoxy) is 2. The van der Waals surface area contributed by atoms with Crippen molar-refractivity contribution < 1.29 is 14.6 Å². The van der Waals surface area contributed by atoms with E-state index in [1.807, 2.05) is 60.7 Å². The average Bonchev–Trinajstić information content (AvgIpc) is 2.53. The van der Waals surface area contributed by atoms with Crippen LogP contribution in [-0.2, 0) is 0 Å². The first-order chi connectivity index (χ1) is 10.3. The number of hydrogen-bond donors (Lipinski definition) is 1. The highest BCUT2D eigenvalue weighted by Gasteiger charge is 2.12. The van der Waals surface area contributed by atoms with Crippen LogP contribution in [0.15, 0.2) is 78.9 Å². The number of phenols is 1. The fourth-order valence-electron chi connectivity index (χ4n) is 1.91. The molecule has 0 aliphatic heterocycles. The van der Waals surface area contributed by atoms with E-state index in [1.54, 1.807) is 18.2 Å². The smallest absolute Gasteiger partial charge is 0.211 e. The molecular weight excluding hydrogens is 264 g/mol. The summed E-state index contributed by atoms with van der Waals surface area (Å²) >= 11 is 0. The number of benzene rings is 3. The maximum Gasteiger partial charge on any atom is 0.211 e. The number of aromatic hydroxyl groups is 1. The molecule has 3 aromatic rings. The van der Waals surface area contributed by atoms with Crippen molar-refractivity contribution in [2.45, 2.75) is 0 Å². The van der Waals surface area contributed by atoms with Crippen molar-refractivity contribution in [3.05, 3.63) is 78.9 Å². The summed E-state index contributed by atoms with van der Waals surface area (Å²) in [5.74, 6) is 2.11. The molecule has 21 heavy (non-hydrogen) atoms. The quantitative estimate of drug-likeness (QED) is 0.731. The predicted octanol–water partition coefficient (Wildman–Crippen LogP) is 4.98. The minimum Gasteiger partial charge on any atom is -0.504 e. The molecule has 3 rings (SSSR count). The summed E-state index contributed by atoms with van der Waals surface area (Å²) in [7, 11) is 0. The van der Waals surface area contributed by atoms with Gasteiger partial charge in [-0.25, -0.2) is 0 Å². The molecule has 0 fully saturated rings. The minimum absolute atomic E-state index is 0.0345. The second-order valence-electron chi connectivity index (χ2n) is 4.43. The van der Waals surface area contributed by atoms with E-state index in [9.17, 15) is 5.11 Å². The molecule has 0 atom stereocenters. The summed E-state index contributed by atoms with van der Waals surface area (Å²) in [4.78, 5) is 0. The Bertz CT molecular complexity index is 709. The van der Waals surface area contributed by atoms with Crippen LogP contribution in [0, 0.1) is 0 Å². The molecule has 3 nitrogen and oxygen atoms in total. The third kappa shape index (κ3) is 3.15. The molecular formula is C18H14O3. The van der Waals surface area contributed by atoms with Gasteiger partial charge < -0.3 is 14.6 Å². The topological polar surface area (TPSA) is 38.7 Å². The zero-order valence-corrected chi connectivity index (χ0v) is 11.3. The van der Waals surface area contributed by atoms with Crippen LogP contribution in [0.1, 0.15) is 0 Å². The molecule has 1 N–H and O–H groups in total. The van der Waals surface area contributed by atoms with Gasteiger partial charge in [-0.3, -0.25) is 0 Å². The maximum atomic E-state index is 10.0. The Morgan fingerprint density at radius 3 is 1.76 bits per heavy atom. The molecule has 3 aromatic carbocycles. The molecule has 0 radical (unpaired) electrons. The van der Waals surface area contributed by atoms with Gasteiger partial charge in [0.05, 0.1) is 0 Å². The van der Waals surface area contributed by atoms with E-state index in [-0.39, 0.29) is 5.75 Å². The van der Waals surface area contributed by atoms with Gasteiger partial charge in [-0.1, -0.05) is 42.5 Å². The van der Waals surface area contributed by atoms with Gasteiger partial charge in [-0.15, -0.1) is 0 Å². The lowest BCUT2D eigenvalue weighted by Gasteiger charge is -2.13. The Morgan fingerprint density at radius 1 is 0.571 bits per heavy atom. The van der Waals surface area contributed by atoms with E-state index in [2.05, 4.69) is 0 Å². The van der Waals surface area contributed by atoms with Gasteiger partial charge in [-0.05, 0) is 36.4 Å². The zero-order chi connectivity index (χ0) is 14.5. The third-order valence-electron chi connectivity index (χ3n) is 2.89. The highest BCUT2D eigenvalue weighted by Crippen LogP contribution is 2.41. The molecule has 0 aliphatic carbocycles. The molecule has 0 saturated carbocycles. The van der Waals surface area contributed by atoms with Crippen LogP contribution in [0.3, 0.4) is 0 Å². The van der Waals surface area contributed by atoms with Crippen LogP contribution in [0.2, 0.25) is 0 Å². The fourth-order valence-corrected chi connectivity index (χ4v) is 1.91. The monoisotopic (exact) mass is 278 g/mol. The van der Waals surface area contributed by atoms with Crippen LogP contribution >= 0.6 is 0 Å². The molecule has 0 unspecified atom stereocenters. The van der Waals surface area contributed by atoms with Crippen molar-refractivity contribution in [1.82, 2.24) is 0 Å². The van der Waals surface area contributed by atoms with Crippen molar-refractivity contribution in [1.29, 1.82) is 0 Å². The predicted molar refractivity (Wildman–Crippen MR) is 81.1 cm³/mol. The van der Waals surface area contributed by atoms with E-state index in [1.165, 1.54) is 0 Å². The van der Waals surface area contributed by atoms with Gasteiger partial charge >= 0.3 is 0 Å². The van der Waals surface area contributed by atoms with Crippen molar-refractivity contribution in [2.24, 2.45) is 0 Å². The normalized spacial score (nSPS) is 10.1. The van der Waals surface area contributed by atoms with Gasteiger partial charge in [-0.2, -0.15) is 0 Å². The van der Waals surface area contributed by atoms with Gasteiger partial charge in [0, 0.05) is 0 Å². The van der Waals surface area contributed by atoms with Crippen LogP contribution < -0.4 is 9.47 Å². The lowest BCUT2D eigenvalue weighted by Crippen LogP contribution is -1.90. The van der Waals surface area contributed by atoms with E-state index < -0.39 is 0 Å². The van der Waals surface area contributed by atoms with Crippen molar-refractivity contribution >= 4 is 0 Å². The standard InChI is InChI=1S/C18H14O3/c19-16-12-7-13-17(20-14-8-3-1-4-9-14)18(16)21-15-10-5-2-6-11-15/h1-13,19H. The second kappa shape index (κ2) is 6.01. The number of rotatable bonds is 4. The van der Waals surface area contributed by atoms with Gasteiger partial charge in [0.2, 0.25) is 5.75 Å². The minimum atomic E-state index is 0.0345. The highest BCUT2D eigenvalue weighted by molar-refractivity contribution is 5.53. The fraction of sp³-hybridized carbons (Fsp3) is 0. The van der Waals surface area contributed by atoms with E-state index in [0.717, 1.165) is 0 Å². The molecule has 0 saturated heterocycles. The summed E-state index contributed by atoms with van der Waals surface area (Å²) in [5.41, 5.74) is 0. The SMILES string of the molecule is Oc1cccc(Oc2ccccc2)c1Oc1ccccc1. The summed E-state index contributed by atoms with van der Waals surface area (Å²) in [6, 6.07) is 23.7. The average molecular weight is 278 g/mol. The second-order valence-corrected chi connectivity index (χ2v) is 4.43. The lowest BCUT2D eigenvalue weighted by atomic mass is 10.2. The molecule has 0 bridgehead atoms. The largest absolute Gasteiger partial charge is 0.504 e. The zero-order valence-electron chi connectivity index (χ0n) is 11.3. The maximum absolute atomic E-state index is 10.0. The van der Waals surface area contributed by atoms with E-state index in [4.69, 9.17) is 9.47 Å². The Hall–Kier alpha value is -2.94. The van der Waals surface area contributed by atoms with Gasteiger partial charge in [0.15, 0.2) is 11.5 Å². The van der Waals surface area contributed by atoms with Crippen LogP contribution in [0.4, 0.5) is 0 Å².